The van der Waals surface area contributed by atoms with Crippen molar-refractivity contribution < 1.29 is 4.74 Å². The van der Waals surface area contributed by atoms with Gasteiger partial charge in [0.1, 0.15) is 11.6 Å². The molecule has 0 spiro atoms. The lowest BCUT2D eigenvalue weighted by Crippen LogP contribution is -1.91. The molecule has 0 aliphatic heterocycles. The summed E-state index contributed by atoms with van der Waals surface area (Å²) in [5.74, 6) is 1.62. The van der Waals surface area contributed by atoms with Crippen LogP contribution < -0.4 is 4.74 Å². The molecule has 0 radical (unpaired) electrons. The van der Waals surface area contributed by atoms with Gasteiger partial charge in [-0.15, -0.1) is 0 Å². The summed E-state index contributed by atoms with van der Waals surface area (Å²) in [5.41, 5.74) is 5.23. The Labute approximate surface area is 163 Å². The molecule has 0 saturated carbocycles. The van der Waals surface area contributed by atoms with Crippen molar-refractivity contribution in [1.29, 1.82) is 5.26 Å². The average Bonchev–Trinajstić information content (AvgIpc) is 3.19. The second kappa shape index (κ2) is 7.77. The Bertz CT molecular complexity index is 1130. The van der Waals surface area contributed by atoms with E-state index in [2.05, 4.69) is 16.0 Å². The van der Waals surface area contributed by atoms with E-state index >= 15 is 0 Å². The second-order valence-corrected chi connectivity index (χ2v) is 6.34. The van der Waals surface area contributed by atoms with E-state index in [1.807, 2.05) is 66.7 Å². The molecule has 5 nitrogen and oxygen atoms in total. The van der Waals surface area contributed by atoms with Gasteiger partial charge >= 0.3 is 0 Å². The zero-order valence-corrected chi connectivity index (χ0v) is 15.4. The number of aromatic amines is 1. The maximum atomic E-state index is 8.97. The number of pyridine rings is 1. The molecule has 5 heteroatoms. The second-order valence-electron chi connectivity index (χ2n) is 6.34. The highest BCUT2D eigenvalue weighted by atomic mass is 16.5. The van der Waals surface area contributed by atoms with E-state index in [1.165, 1.54) is 0 Å². The van der Waals surface area contributed by atoms with Gasteiger partial charge in [-0.3, -0.25) is 4.98 Å². The van der Waals surface area contributed by atoms with Crippen molar-refractivity contribution in [2.75, 3.05) is 7.11 Å². The number of aromatic nitrogens is 3. The third-order valence-electron chi connectivity index (χ3n) is 4.47. The first-order valence-electron chi connectivity index (χ1n) is 8.90. The summed E-state index contributed by atoms with van der Waals surface area (Å²) in [5, 5.41) is 8.97. The molecule has 0 saturated heterocycles. The monoisotopic (exact) mass is 366 g/mol. The molecule has 136 valence electrons. The minimum Gasteiger partial charge on any atom is -0.497 e. The highest BCUT2D eigenvalue weighted by Crippen LogP contribution is 2.31. The minimum atomic E-state index is 0.634. The number of imidazole rings is 1. The van der Waals surface area contributed by atoms with Crippen LogP contribution in [0.3, 0.4) is 0 Å². The summed E-state index contributed by atoms with van der Waals surface area (Å²) in [7, 11) is 1.65. The van der Waals surface area contributed by atoms with Gasteiger partial charge in [0.25, 0.3) is 0 Å². The normalized spacial score (nSPS) is 10.4. The van der Waals surface area contributed by atoms with Gasteiger partial charge in [-0.2, -0.15) is 5.26 Å². The van der Waals surface area contributed by atoms with Gasteiger partial charge in [0.05, 0.1) is 35.8 Å². The Balaban J connectivity index is 1.76. The number of nitrogens with zero attached hydrogens (tertiary/aromatic N) is 3. The Morgan fingerprint density at radius 3 is 2.61 bits per heavy atom. The smallest absolute Gasteiger partial charge is 0.119 e. The van der Waals surface area contributed by atoms with Crippen LogP contribution in [-0.4, -0.2) is 22.1 Å². The molecule has 4 rings (SSSR count). The number of benzene rings is 2. The Hall–Kier alpha value is -3.91. The summed E-state index contributed by atoms with van der Waals surface area (Å²) in [4.78, 5) is 12.8. The van der Waals surface area contributed by atoms with E-state index in [4.69, 9.17) is 15.0 Å². The molecule has 2 aromatic carbocycles. The zero-order chi connectivity index (χ0) is 19.3. The number of methoxy groups -OCH3 is 1. The number of nitrogens with one attached hydrogen (secondary N) is 1. The van der Waals surface area contributed by atoms with Crippen LogP contribution in [0.5, 0.6) is 5.75 Å². The Kier molecular flexibility index (Phi) is 4.85. The SMILES string of the molecule is COc1cccc(-c2nc(Cc3ccc(C#N)cc3)[nH]c2-c2ccccn2)c1. The number of rotatable bonds is 5. The average molecular weight is 366 g/mol. The first kappa shape index (κ1) is 17.5. The lowest BCUT2D eigenvalue weighted by atomic mass is 10.1. The topological polar surface area (TPSA) is 74.6 Å². The van der Waals surface area contributed by atoms with E-state index in [0.717, 1.165) is 39.8 Å². The molecule has 0 atom stereocenters. The van der Waals surface area contributed by atoms with Crippen molar-refractivity contribution in [3.63, 3.8) is 0 Å². The van der Waals surface area contributed by atoms with Crippen molar-refractivity contribution >= 4 is 0 Å². The molecule has 28 heavy (non-hydrogen) atoms. The summed E-state index contributed by atoms with van der Waals surface area (Å²) in [6.07, 6.45) is 2.40. The fourth-order valence-electron chi connectivity index (χ4n) is 3.07. The molecule has 2 heterocycles. The van der Waals surface area contributed by atoms with Gasteiger partial charge in [0.15, 0.2) is 0 Å². The van der Waals surface area contributed by atoms with Crippen molar-refractivity contribution in [1.82, 2.24) is 15.0 Å². The Morgan fingerprint density at radius 1 is 1.04 bits per heavy atom. The highest BCUT2D eigenvalue weighted by molar-refractivity contribution is 5.77. The molecule has 2 aromatic heterocycles. The fourth-order valence-corrected chi connectivity index (χ4v) is 3.07. The molecule has 0 bridgehead atoms. The Morgan fingerprint density at radius 2 is 1.89 bits per heavy atom. The van der Waals surface area contributed by atoms with E-state index < -0.39 is 0 Å². The summed E-state index contributed by atoms with van der Waals surface area (Å²) in [6.45, 7) is 0. The quantitative estimate of drug-likeness (QED) is 0.560. The van der Waals surface area contributed by atoms with Crippen LogP contribution in [-0.2, 0) is 6.42 Å². The van der Waals surface area contributed by atoms with Crippen molar-refractivity contribution in [3.05, 3.63) is 89.9 Å². The van der Waals surface area contributed by atoms with Crippen LogP contribution >= 0.6 is 0 Å². The summed E-state index contributed by atoms with van der Waals surface area (Å²) in [6, 6.07) is 23.3. The van der Waals surface area contributed by atoms with Gasteiger partial charge in [0, 0.05) is 18.2 Å². The molecule has 0 unspecified atom stereocenters. The first-order chi connectivity index (χ1) is 13.8. The molecular formula is C23H18N4O. The largest absolute Gasteiger partial charge is 0.497 e. The van der Waals surface area contributed by atoms with Crippen molar-refractivity contribution in [2.45, 2.75) is 6.42 Å². The number of nitriles is 1. The van der Waals surface area contributed by atoms with Gasteiger partial charge in [0.2, 0.25) is 0 Å². The predicted molar refractivity (Wildman–Crippen MR) is 108 cm³/mol. The van der Waals surface area contributed by atoms with Crippen LogP contribution in [0.15, 0.2) is 72.9 Å². The number of hydrogen-bond donors (Lipinski definition) is 1. The standard InChI is InChI=1S/C23H18N4O/c1-28-19-6-4-5-18(14-19)22-23(20-7-2-3-12-25-20)27-21(26-22)13-16-8-10-17(15-24)11-9-16/h2-12,14H,13H2,1H3,(H,26,27). The lowest BCUT2D eigenvalue weighted by Gasteiger charge is -2.04. The van der Waals surface area contributed by atoms with Crippen molar-refractivity contribution in [3.8, 4) is 34.5 Å². The van der Waals surface area contributed by atoms with E-state index in [0.29, 0.717) is 12.0 Å². The van der Waals surface area contributed by atoms with E-state index in [1.54, 1.807) is 13.3 Å². The van der Waals surface area contributed by atoms with Crippen LogP contribution in [0.25, 0.3) is 22.6 Å². The van der Waals surface area contributed by atoms with Gasteiger partial charge in [-0.05, 0) is 42.0 Å². The third-order valence-corrected chi connectivity index (χ3v) is 4.47. The number of ether oxygens (including phenoxy) is 1. The van der Waals surface area contributed by atoms with Crippen LogP contribution in [0, 0.1) is 11.3 Å². The minimum absolute atomic E-state index is 0.634. The number of hydrogen-bond acceptors (Lipinski definition) is 4. The van der Waals surface area contributed by atoms with Crippen LogP contribution in [0.1, 0.15) is 17.0 Å². The van der Waals surface area contributed by atoms with Crippen molar-refractivity contribution in [2.24, 2.45) is 0 Å². The van der Waals surface area contributed by atoms with Crippen LogP contribution in [0.2, 0.25) is 0 Å². The van der Waals surface area contributed by atoms with Gasteiger partial charge in [-0.25, -0.2) is 4.98 Å². The lowest BCUT2D eigenvalue weighted by molar-refractivity contribution is 0.415. The van der Waals surface area contributed by atoms with E-state index in [-0.39, 0.29) is 0 Å². The molecule has 0 aliphatic carbocycles. The third kappa shape index (κ3) is 3.62. The predicted octanol–water partition coefficient (Wildman–Crippen LogP) is 4.61. The fraction of sp³-hybridized carbons (Fsp3) is 0.0870. The summed E-state index contributed by atoms with van der Waals surface area (Å²) >= 11 is 0. The number of H-pyrrole nitrogens is 1. The van der Waals surface area contributed by atoms with Crippen LogP contribution in [0.4, 0.5) is 0 Å². The van der Waals surface area contributed by atoms with Gasteiger partial charge in [-0.1, -0.05) is 30.3 Å². The highest BCUT2D eigenvalue weighted by Gasteiger charge is 2.16. The zero-order valence-electron chi connectivity index (χ0n) is 15.4. The maximum Gasteiger partial charge on any atom is 0.119 e. The summed E-state index contributed by atoms with van der Waals surface area (Å²) < 4.78 is 5.37. The molecular weight excluding hydrogens is 348 g/mol. The molecule has 0 fully saturated rings. The maximum absolute atomic E-state index is 8.97. The first-order valence-corrected chi connectivity index (χ1v) is 8.90. The molecule has 1 N–H and O–H groups in total. The van der Waals surface area contributed by atoms with Gasteiger partial charge < -0.3 is 9.72 Å². The molecule has 0 aliphatic rings. The molecule has 0 amide bonds. The molecule has 4 aromatic rings. The van der Waals surface area contributed by atoms with E-state index in [9.17, 15) is 0 Å².